The first-order chi connectivity index (χ1) is 15.1. The summed E-state index contributed by atoms with van der Waals surface area (Å²) in [6.07, 6.45) is 5.04. The largest absolute Gasteiger partial charge is 0.383 e. The third-order valence-corrected chi connectivity index (χ3v) is 5.06. The fourth-order valence-electron chi connectivity index (χ4n) is 3.39. The highest BCUT2D eigenvalue weighted by atomic mass is 16.2. The van der Waals surface area contributed by atoms with Gasteiger partial charge in [0.25, 0.3) is 5.91 Å². The van der Waals surface area contributed by atoms with Crippen LogP contribution in [0.3, 0.4) is 0 Å². The molecule has 1 aliphatic heterocycles. The van der Waals surface area contributed by atoms with Gasteiger partial charge in [0.2, 0.25) is 5.91 Å². The van der Waals surface area contributed by atoms with Crippen molar-refractivity contribution >= 4 is 29.0 Å². The number of anilines is 3. The second-order valence-electron chi connectivity index (χ2n) is 7.28. The molecular weight excluding hydrogens is 392 g/mol. The minimum Gasteiger partial charge on any atom is -0.383 e. The van der Waals surface area contributed by atoms with E-state index >= 15 is 0 Å². The zero-order valence-electron chi connectivity index (χ0n) is 17.3. The highest BCUT2D eigenvalue weighted by molar-refractivity contribution is 6.04. The fourth-order valence-corrected chi connectivity index (χ4v) is 3.39. The summed E-state index contributed by atoms with van der Waals surface area (Å²) in [5.74, 6) is 0.302. The molecule has 0 spiro atoms. The van der Waals surface area contributed by atoms with Crippen LogP contribution in [0.25, 0.3) is 0 Å². The maximum Gasteiger partial charge on any atom is 0.252 e. The zero-order chi connectivity index (χ0) is 21.6. The van der Waals surface area contributed by atoms with E-state index in [9.17, 15) is 9.59 Å². The summed E-state index contributed by atoms with van der Waals surface area (Å²) in [7, 11) is 0. The van der Waals surface area contributed by atoms with E-state index < -0.39 is 0 Å². The van der Waals surface area contributed by atoms with Gasteiger partial charge in [0.05, 0.1) is 24.3 Å². The van der Waals surface area contributed by atoms with Gasteiger partial charge in [-0.25, -0.2) is 4.98 Å². The van der Waals surface area contributed by atoms with Crippen LogP contribution in [0, 0.1) is 6.92 Å². The van der Waals surface area contributed by atoms with Crippen LogP contribution in [0.15, 0.2) is 61.1 Å². The van der Waals surface area contributed by atoms with Crippen LogP contribution in [-0.2, 0) is 11.3 Å². The lowest BCUT2D eigenvalue weighted by Crippen LogP contribution is -2.40. The number of pyridine rings is 2. The van der Waals surface area contributed by atoms with Crippen molar-refractivity contribution in [3.8, 4) is 0 Å². The Balaban J connectivity index is 1.42. The number of fused-ring (bicyclic) bond motifs is 1. The molecule has 0 bridgehead atoms. The Kier molecular flexibility index (Phi) is 6.07. The summed E-state index contributed by atoms with van der Waals surface area (Å²) in [5.41, 5.74) is 4.06. The Hall–Kier alpha value is -3.94. The molecule has 4 rings (SSSR count). The van der Waals surface area contributed by atoms with Crippen LogP contribution in [0.4, 0.5) is 17.2 Å². The third-order valence-electron chi connectivity index (χ3n) is 5.06. The summed E-state index contributed by atoms with van der Waals surface area (Å²) < 4.78 is 0. The molecule has 0 aliphatic carbocycles. The van der Waals surface area contributed by atoms with Gasteiger partial charge in [0.1, 0.15) is 0 Å². The third kappa shape index (κ3) is 4.80. The zero-order valence-corrected chi connectivity index (χ0v) is 17.3. The lowest BCUT2D eigenvalue weighted by Gasteiger charge is -2.29. The van der Waals surface area contributed by atoms with Crippen molar-refractivity contribution in [3.05, 3.63) is 77.7 Å². The second kappa shape index (κ2) is 9.25. The average Bonchev–Trinajstić information content (AvgIpc) is 2.80. The van der Waals surface area contributed by atoms with Crippen molar-refractivity contribution in [3.63, 3.8) is 0 Å². The van der Waals surface area contributed by atoms with Gasteiger partial charge in [-0.1, -0.05) is 30.3 Å². The molecular formula is C23H24N6O2. The van der Waals surface area contributed by atoms with Gasteiger partial charge >= 0.3 is 0 Å². The van der Waals surface area contributed by atoms with Crippen LogP contribution in [0.5, 0.6) is 0 Å². The molecule has 8 heteroatoms. The van der Waals surface area contributed by atoms with Gasteiger partial charge in [0.15, 0.2) is 5.82 Å². The fraction of sp³-hybridized carbons (Fsp3) is 0.217. The molecule has 0 atom stereocenters. The standard InChI is InChI=1S/C23H24N6O2/c1-16-12-24-8-7-19(16)25-9-10-26-23(31)18-11-20-22(27-13-18)28-14-21(30)29(20)15-17-5-3-2-4-6-17/h2-8,11-13H,9-10,14-15H2,1H3,(H,24,25)(H,26,31)(H,27,28). The quantitative estimate of drug-likeness (QED) is 0.512. The molecule has 3 heterocycles. The number of nitrogens with zero attached hydrogens (tertiary/aromatic N) is 3. The topological polar surface area (TPSA) is 99.2 Å². The van der Waals surface area contributed by atoms with E-state index in [4.69, 9.17) is 0 Å². The number of carbonyl (C=O) groups excluding carboxylic acids is 2. The van der Waals surface area contributed by atoms with E-state index in [-0.39, 0.29) is 18.4 Å². The van der Waals surface area contributed by atoms with Crippen molar-refractivity contribution in [1.82, 2.24) is 15.3 Å². The van der Waals surface area contributed by atoms with Crippen molar-refractivity contribution in [2.45, 2.75) is 13.5 Å². The van der Waals surface area contributed by atoms with Crippen molar-refractivity contribution in [2.75, 3.05) is 35.2 Å². The maximum absolute atomic E-state index is 12.6. The first kappa shape index (κ1) is 20.3. The maximum atomic E-state index is 12.6. The number of carbonyl (C=O) groups is 2. The van der Waals surface area contributed by atoms with Crippen LogP contribution >= 0.6 is 0 Å². The van der Waals surface area contributed by atoms with E-state index in [0.717, 1.165) is 16.8 Å². The normalized spacial score (nSPS) is 12.7. The Morgan fingerprint density at radius 3 is 2.81 bits per heavy atom. The number of amides is 2. The molecule has 0 fully saturated rings. The number of aromatic nitrogens is 2. The molecule has 31 heavy (non-hydrogen) atoms. The molecule has 3 N–H and O–H groups in total. The molecule has 0 radical (unpaired) electrons. The molecule has 2 amide bonds. The highest BCUT2D eigenvalue weighted by Crippen LogP contribution is 2.29. The van der Waals surface area contributed by atoms with Crippen LogP contribution in [-0.4, -0.2) is 41.4 Å². The molecule has 1 aromatic carbocycles. The lowest BCUT2D eigenvalue weighted by molar-refractivity contribution is -0.117. The van der Waals surface area contributed by atoms with Crippen LogP contribution in [0.1, 0.15) is 21.5 Å². The minimum atomic E-state index is -0.235. The minimum absolute atomic E-state index is 0.0624. The van der Waals surface area contributed by atoms with E-state index in [1.165, 1.54) is 6.20 Å². The first-order valence-corrected chi connectivity index (χ1v) is 10.1. The average molecular weight is 416 g/mol. The number of aryl methyl sites for hydroxylation is 1. The monoisotopic (exact) mass is 416 g/mol. The molecule has 0 unspecified atom stereocenters. The lowest BCUT2D eigenvalue weighted by atomic mass is 10.1. The SMILES string of the molecule is Cc1cnccc1NCCNC(=O)c1cnc2c(c1)N(Cc1ccccc1)C(=O)CN2. The second-order valence-corrected chi connectivity index (χ2v) is 7.28. The number of hydrogen-bond donors (Lipinski definition) is 3. The van der Waals surface area contributed by atoms with Gasteiger partial charge in [-0.05, 0) is 30.2 Å². The van der Waals surface area contributed by atoms with E-state index in [0.29, 0.717) is 36.7 Å². The number of nitrogens with one attached hydrogen (secondary N) is 3. The summed E-state index contributed by atoms with van der Waals surface area (Å²) in [5, 5.41) is 9.19. The molecule has 3 aromatic rings. The van der Waals surface area contributed by atoms with Gasteiger partial charge in [-0.2, -0.15) is 0 Å². The van der Waals surface area contributed by atoms with E-state index in [2.05, 4.69) is 25.9 Å². The number of benzene rings is 1. The van der Waals surface area contributed by atoms with Crippen LogP contribution in [0.2, 0.25) is 0 Å². The molecule has 2 aromatic heterocycles. The van der Waals surface area contributed by atoms with Crippen molar-refractivity contribution < 1.29 is 9.59 Å². The van der Waals surface area contributed by atoms with Crippen LogP contribution < -0.4 is 20.9 Å². The number of rotatable bonds is 7. The van der Waals surface area contributed by atoms with Gasteiger partial charge in [-0.3, -0.25) is 14.6 Å². The molecule has 8 nitrogen and oxygen atoms in total. The van der Waals surface area contributed by atoms with E-state index in [1.54, 1.807) is 23.4 Å². The van der Waals surface area contributed by atoms with Gasteiger partial charge in [-0.15, -0.1) is 0 Å². The Morgan fingerprint density at radius 1 is 1.16 bits per heavy atom. The van der Waals surface area contributed by atoms with Crippen molar-refractivity contribution in [2.24, 2.45) is 0 Å². The van der Waals surface area contributed by atoms with Gasteiger partial charge < -0.3 is 20.9 Å². The molecule has 0 saturated carbocycles. The predicted molar refractivity (Wildman–Crippen MR) is 120 cm³/mol. The Bertz CT molecular complexity index is 1090. The molecule has 0 saturated heterocycles. The van der Waals surface area contributed by atoms with E-state index in [1.807, 2.05) is 43.3 Å². The highest BCUT2D eigenvalue weighted by Gasteiger charge is 2.26. The summed E-state index contributed by atoms with van der Waals surface area (Å²) >= 11 is 0. The Labute approximate surface area is 180 Å². The summed E-state index contributed by atoms with van der Waals surface area (Å²) in [6.45, 7) is 3.61. The smallest absolute Gasteiger partial charge is 0.252 e. The molecule has 158 valence electrons. The molecule has 1 aliphatic rings. The summed E-state index contributed by atoms with van der Waals surface area (Å²) in [4.78, 5) is 35.3. The van der Waals surface area contributed by atoms with Gasteiger partial charge in [0, 0.05) is 37.4 Å². The van der Waals surface area contributed by atoms with Crippen molar-refractivity contribution in [1.29, 1.82) is 0 Å². The predicted octanol–water partition coefficient (Wildman–Crippen LogP) is 2.59. The first-order valence-electron chi connectivity index (χ1n) is 10.1. The number of hydrogen-bond acceptors (Lipinski definition) is 6. The summed E-state index contributed by atoms with van der Waals surface area (Å²) in [6, 6.07) is 13.4. The Morgan fingerprint density at radius 2 is 2.00 bits per heavy atom.